The number of hydrogen-bond donors (Lipinski definition) is 1. The maximum atomic E-state index is 11.5. The van der Waals surface area contributed by atoms with Gasteiger partial charge in [0.15, 0.2) is 0 Å². The van der Waals surface area contributed by atoms with Crippen LogP contribution in [0.5, 0.6) is 0 Å². The van der Waals surface area contributed by atoms with Gasteiger partial charge in [-0.1, -0.05) is 20.8 Å². The summed E-state index contributed by atoms with van der Waals surface area (Å²) in [5, 5.41) is 3.60. The first-order valence-corrected chi connectivity index (χ1v) is 6.79. The summed E-state index contributed by atoms with van der Waals surface area (Å²) in [6, 6.07) is 0.733. The number of carbonyl (C=O) groups is 1. The molecule has 0 aromatic heterocycles. The second kappa shape index (κ2) is 6.39. The van der Waals surface area contributed by atoms with Crippen molar-refractivity contribution < 1.29 is 9.53 Å². The molecule has 0 aromatic carbocycles. The Balaban J connectivity index is 2.45. The van der Waals surface area contributed by atoms with E-state index >= 15 is 0 Å². The Morgan fingerprint density at radius 2 is 1.94 bits per heavy atom. The van der Waals surface area contributed by atoms with Crippen LogP contribution < -0.4 is 5.32 Å². The smallest absolute Gasteiger partial charge is 0.309 e. The van der Waals surface area contributed by atoms with Gasteiger partial charge in [0.2, 0.25) is 0 Å². The zero-order valence-corrected chi connectivity index (χ0v) is 11.8. The van der Waals surface area contributed by atoms with E-state index in [0.29, 0.717) is 12.0 Å². The first kappa shape index (κ1) is 14.5. The minimum absolute atomic E-state index is 0.0773. The number of rotatable bonds is 4. The van der Waals surface area contributed by atoms with Crippen LogP contribution in [0.4, 0.5) is 0 Å². The van der Waals surface area contributed by atoms with Gasteiger partial charge in [-0.05, 0) is 38.0 Å². The highest BCUT2D eigenvalue weighted by molar-refractivity contribution is 5.72. The summed E-state index contributed by atoms with van der Waals surface area (Å²) >= 11 is 0. The van der Waals surface area contributed by atoms with E-state index in [1.165, 1.54) is 26.4 Å². The third kappa shape index (κ3) is 3.98. The van der Waals surface area contributed by atoms with Crippen molar-refractivity contribution in [2.75, 3.05) is 7.11 Å². The Kier molecular flexibility index (Phi) is 5.44. The highest BCUT2D eigenvalue weighted by Gasteiger charge is 2.29. The SMILES string of the molecule is COC(=O)C(C)C(C)NC1CCC(C)CC1C. The van der Waals surface area contributed by atoms with Crippen LogP contribution in [0, 0.1) is 17.8 Å². The summed E-state index contributed by atoms with van der Waals surface area (Å²) in [7, 11) is 1.45. The van der Waals surface area contributed by atoms with Gasteiger partial charge in [0.05, 0.1) is 13.0 Å². The van der Waals surface area contributed by atoms with Gasteiger partial charge in [-0.2, -0.15) is 0 Å². The molecule has 1 aliphatic rings. The predicted octanol–water partition coefficient (Wildman–Crippen LogP) is 2.60. The van der Waals surface area contributed by atoms with Crippen LogP contribution in [0.3, 0.4) is 0 Å². The van der Waals surface area contributed by atoms with Crippen LogP contribution in [-0.4, -0.2) is 25.2 Å². The third-order valence-electron chi connectivity index (χ3n) is 4.23. The molecule has 0 saturated heterocycles. The maximum absolute atomic E-state index is 11.5. The quantitative estimate of drug-likeness (QED) is 0.769. The number of carbonyl (C=O) groups excluding carboxylic acids is 1. The molecule has 0 radical (unpaired) electrons. The molecule has 0 spiro atoms. The number of methoxy groups -OCH3 is 1. The second-order valence-corrected chi connectivity index (χ2v) is 5.77. The fraction of sp³-hybridized carbons (Fsp3) is 0.929. The lowest BCUT2D eigenvalue weighted by Gasteiger charge is -2.36. The standard InChI is InChI=1S/C14H27NO2/c1-9-6-7-13(10(2)8-9)15-12(4)11(3)14(16)17-5/h9-13,15H,6-8H2,1-5H3. The van der Waals surface area contributed by atoms with Gasteiger partial charge in [-0.3, -0.25) is 4.79 Å². The summed E-state index contributed by atoms with van der Waals surface area (Å²) in [4.78, 5) is 11.5. The van der Waals surface area contributed by atoms with Crippen LogP contribution in [0.25, 0.3) is 0 Å². The van der Waals surface area contributed by atoms with E-state index in [1.54, 1.807) is 0 Å². The van der Waals surface area contributed by atoms with Gasteiger partial charge < -0.3 is 10.1 Å². The number of hydrogen-bond acceptors (Lipinski definition) is 3. The van der Waals surface area contributed by atoms with Crippen LogP contribution in [0.15, 0.2) is 0 Å². The molecule has 1 N–H and O–H groups in total. The van der Waals surface area contributed by atoms with Gasteiger partial charge >= 0.3 is 5.97 Å². The molecule has 17 heavy (non-hydrogen) atoms. The van der Waals surface area contributed by atoms with Crippen molar-refractivity contribution in [3.8, 4) is 0 Å². The van der Waals surface area contributed by atoms with Crippen LogP contribution in [-0.2, 0) is 9.53 Å². The molecular weight excluding hydrogens is 214 g/mol. The van der Waals surface area contributed by atoms with Gasteiger partial charge in [0.1, 0.15) is 0 Å². The molecule has 0 amide bonds. The van der Waals surface area contributed by atoms with Crippen molar-refractivity contribution >= 4 is 5.97 Å². The van der Waals surface area contributed by atoms with Gasteiger partial charge in [-0.25, -0.2) is 0 Å². The monoisotopic (exact) mass is 241 g/mol. The fourth-order valence-corrected chi connectivity index (χ4v) is 2.79. The second-order valence-electron chi connectivity index (χ2n) is 5.77. The highest BCUT2D eigenvalue weighted by Crippen LogP contribution is 2.29. The third-order valence-corrected chi connectivity index (χ3v) is 4.23. The Bertz CT molecular complexity index is 255. The predicted molar refractivity (Wildman–Crippen MR) is 69.7 cm³/mol. The molecule has 0 bridgehead atoms. The van der Waals surface area contributed by atoms with Crippen molar-refractivity contribution in [2.45, 2.75) is 59.0 Å². The van der Waals surface area contributed by atoms with Crippen molar-refractivity contribution in [2.24, 2.45) is 17.8 Å². The first-order chi connectivity index (χ1) is 7.95. The molecule has 0 aromatic rings. The Morgan fingerprint density at radius 1 is 1.29 bits per heavy atom. The molecule has 0 aliphatic heterocycles. The van der Waals surface area contributed by atoms with Crippen LogP contribution >= 0.6 is 0 Å². The molecule has 0 heterocycles. The fourth-order valence-electron chi connectivity index (χ4n) is 2.79. The summed E-state index contributed by atoms with van der Waals surface area (Å²) in [6.45, 7) is 8.64. The minimum Gasteiger partial charge on any atom is -0.469 e. The molecule has 5 unspecified atom stereocenters. The zero-order valence-electron chi connectivity index (χ0n) is 11.8. The van der Waals surface area contributed by atoms with E-state index in [4.69, 9.17) is 4.74 Å². The summed E-state index contributed by atoms with van der Waals surface area (Å²) in [5.41, 5.74) is 0. The molecular formula is C14H27NO2. The number of nitrogens with one attached hydrogen (secondary N) is 1. The molecule has 1 aliphatic carbocycles. The van der Waals surface area contributed by atoms with Crippen molar-refractivity contribution in [3.05, 3.63) is 0 Å². The van der Waals surface area contributed by atoms with E-state index in [1.807, 2.05) is 6.92 Å². The van der Waals surface area contributed by atoms with E-state index in [2.05, 4.69) is 26.1 Å². The van der Waals surface area contributed by atoms with Gasteiger partial charge in [0, 0.05) is 12.1 Å². The van der Waals surface area contributed by atoms with Gasteiger partial charge in [-0.15, -0.1) is 0 Å². The largest absolute Gasteiger partial charge is 0.469 e. The molecule has 1 rings (SSSR count). The maximum Gasteiger partial charge on any atom is 0.309 e. The normalized spacial score (nSPS) is 32.9. The molecule has 3 heteroatoms. The van der Waals surface area contributed by atoms with Crippen molar-refractivity contribution in [1.82, 2.24) is 5.32 Å². The van der Waals surface area contributed by atoms with E-state index in [0.717, 1.165) is 5.92 Å². The van der Waals surface area contributed by atoms with Gasteiger partial charge in [0.25, 0.3) is 0 Å². The van der Waals surface area contributed by atoms with E-state index < -0.39 is 0 Å². The van der Waals surface area contributed by atoms with E-state index in [-0.39, 0.29) is 17.9 Å². The highest BCUT2D eigenvalue weighted by atomic mass is 16.5. The van der Waals surface area contributed by atoms with Crippen molar-refractivity contribution in [3.63, 3.8) is 0 Å². The summed E-state index contributed by atoms with van der Waals surface area (Å²) in [6.07, 6.45) is 3.80. The van der Waals surface area contributed by atoms with Crippen LogP contribution in [0.2, 0.25) is 0 Å². The Hall–Kier alpha value is -0.570. The number of esters is 1. The average Bonchev–Trinajstić information content (AvgIpc) is 2.30. The lowest BCUT2D eigenvalue weighted by molar-refractivity contribution is -0.145. The molecule has 100 valence electrons. The topological polar surface area (TPSA) is 38.3 Å². The van der Waals surface area contributed by atoms with Crippen molar-refractivity contribution in [1.29, 1.82) is 0 Å². The van der Waals surface area contributed by atoms with E-state index in [9.17, 15) is 4.79 Å². The summed E-state index contributed by atoms with van der Waals surface area (Å²) in [5.74, 6) is 1.34. The first-order valence-electron chi connectivity index (χ1n) is 6.79. The number of ether oxygens (including phenoxy) is 1. The average molecular weight is 241 g/mol. The minimum atomic E-state index is -0.123. The zero-order chi connectivity index (χ0) is 13.0. The molecule has 3 nitrogen and oxygen atoms in total. The Morgan fingerprint density at radius 3 is 2.47 bits per heavy atom. The summed E-state index contributed by atoms with van der Waals surface area (Å²) < 4.78 is 4.79. The lowest BCUT2D eigenvalue weighted by atomic mass is 9.79. The van der Waals surface area contributed by atoms with Crippen LogP contribution in [0.1, 0.15) is 47.0 Å². The molecule has 1 fully saturated rings. The molecule has 5 atom stereocenters. The molecule has 1 saturated carbocycles. The Labute approximate surface area is 105 Å². The lowest BCUT2D eigenvalue weighted by Crippen LogP contribution is -2.47.